The van der Waals surface area contributed by atoms with E-state index in [0.717, 1.165) is 16.0 Å². The molecule has 7 aromatic carbocycles. The number of benzene rings is 7. The molecule has 13 nitrogen and oxygen atoms in total. The van der Waals surface area contributed by atoms with Crippen LogP contribution in [0, 0.1) is 17.8 Å². The van der Waals surface area contributed by atoms with Crippen LogP contribution >= 0.6 is 0 Å². The van der Waals surface area contributed by atoms with E-state index >= 15 is 19.2 Å². The van der Waals surface area contributed by atoms with Crippen molar-refractivity contribution >= 4 is 29.5 Å². The molecule has 0 aliphatic carbocycles. The minimum atomic E-state index is -2.11. The van der Waals surface area contributed by atoms with Crippen LogP contribution in [0.4, 0.5) is 10.5 Å². The van der Waals surface area contributed by atoms with E-state index < -0.39 is 71.5 Å². The third kappa shape index (κ3) is 9.15. The van der Waals surface area contributed by atoms with E-state index in [9.17, 15) is 10.2 Å². The maximum Gasteiger partial charge on any atom is 0.329 e. The number of aliphatic hydroxyl groups is 2. The SMILES string of the molecule is COc1ccc(C#Cc2ccc3c(c2)[C@]2(C(=O)N3C(=O)N[C@H](C)c3ccccc3)[C@H](c3cccc(OCCO)c3)N3[C@H](c4ccccc4)[C@H](c4ccccc4)OC(=O)[C@H]3[C@@H]2C(=O)NC[C@H](O)c2ccccc2)cc1. The molecule has 0 aromatic heterocycles. The zero-order chi connectivity index (χ0) is 51.3. The van der Waals surface area contributed by atoms with Gasteiger partial charge in [-0.1, -0.05) is 145 Å². The Bertz CT molecular complexity index is 3220. The van der Waals surface area contributed by atoms with Crippen LogP contribution in [0.15, 0.2) is 188 Å². The van der Waals surface area contributed by atoms with Gasteiger partial charge in [-0.25, -0.2) is 9.69 Å². The lowest BCUT2D eigenvalue weighted by Gasteiger charge is -2.46. The van der Waals surface area contributed by atoms with Gasteiger partial charge < -0.3 is 35.1 Å². The van der Waals surface area contributed by atoms with Gasteiger partial charge in [0, 0.05) is 17.7 Å². The summed E-state index contributed by atoms with van der Waals surface area (Å²) < 4.78 is 18.0. The molecular weight excluding hydrogens is 933 g/mol. The Morgan fingerprint density at radius 2 is 1.31 bits per heavy atom. The second kappa shape index (κ2) is 21.3. The molecule has 74 heavy (non-hydrogen) atoms. The normalized spacial score (nSPS) is 21.6. The number of nitrogens with zero attached hydrogens (tertiary/aromatic N) is 2. The van der Waals surface area contributed by atoms with Crippen molar-refractivity contribution in [3.05, 3.63) is 233 Å². The number of carbonyl (C=O) groups excluding carboxylic acids is 4. The van der Waals surface area contributed by atoms with Crippen molar-refractivity contribution in [2.75, 3.05) is 31.8 Å². The van der Waals surface area contributed by atoms with Crippen LogP contribution in [0.1, 0.15) is 81.8 Å². The number of cyclic esters (lactones) is 1. The summed E-state index contributed by atoms with van der Waals surface area (Å²) in [7, 11) is 1.58. The molecule has 2 fully saturated rings. The Morgan fingerprint density at radius 3 is 1.97 bits per heavy atom. The van der Waals surface area contributed by atoms with Crippen LogP contribution in [0.5, 0.6) is 11.5 Å². The number of anilines is 1. The molecule has 3 aliphatic heterocycles. The van der Waals surface area contributed by atoms with Gasteiger partial charge in [0.1, 0.15) is 35.7 Å². The van der Waals surface area contributed by atoms with Crippen molar-refractivity contribution in [3.8, 4) is 23.3 Å². The highest BCUT2D eigenvalue weighted by atomic mass is 16.6. The number of esters is 1. The molecule has 1 spiro atoms. The van der Waals surface area contributed by atoms with Crippen molar-refractivity contribution in [1.82, 2.24) is 15.5 Å². The highest BCUT2D eigenvalue weighted by molar-refractivity contribution is 6.24. The number of rotatable bonds is 13. The predicted octanol–water partition coefficient (Wildman–Crippen LogP) is 8.45. The van der Waals surface area contributed by atoms with Gasteiger partial charge in [-0.3, -0.25) is 19.3 Å². The van der Waals surface area contributed by atoms with Gasteiger partial charge >= 0.3 is 12.0 Å². The number of hydrogen-bond donors (Lipinski definition) is 4. The van der Waals surface area contributed by atoms with Crippen molar-refractivity contribution in [1.29, 1.82) is 0 Å². The van der Waals surface area contributed by atoms with Crippen molar-refractivity contribution in [2.45, 2.75) is 48.7 Å². The topological polar surface area (TPSA) is 167 Å². The summed E-state index contributed by atoms with van der Waals surface area (Å²) in [6, 6.07) is 51.6. The number of ether oxygens (including phenoxy) is 3. The fourth-order valence-electron chi connectivity index (χ4n) is 10.9. The molecule has 372 valence electrons. The average Bonchev–Trinajstić information content (AvgIpc) is 3.98. The van der Waals surface area contributed by atoms with E-state index in [1.165, 1.54) is 0 Å². The smallest absolute Gasteiger partial charge is 0.329 e. The number of amides is 4. The van der Waals surface area contributed by atoms with E-state index in [4.69, 9.17) is 14.2 Å². The number of nitrogens with one attached hydrogen (secondary N) is 2. The molecule has 0 saturated carbocycles. The summed E-state index contributed by atoms with van der Waals surface area (Å²) in [6.07, 6.45) is -2.13. The third-order valence-electron chi connectivity index (χ3n) is 14.2. The zero-order valence-corrected chi connectivity index (χ0v) is 40.7. The zero-order valence-electron chi connectivity index (χ0n) is 40.7. The number of fused-ring (bicyclic) bond motifs is 3. The van der Waals surface area contributed by atoms with Gasteiger partial charge in [-0.05, 0) is 94.9 Å². The Morgan fingerprint density at radius 1 is 0.703 bits per heavy atom. The molecule has 2 saturated heterocycles. The highest BCUT2D eigenvalue weighted by Gasteiger charge is 2.75. The Kier molecular flexibility index (Phi) is 14.1. The number of hydrogen-bond acceptors (Lipinski definition) is 10. The first-order valence-electron chi connectivity index (χ1n) is 24.5. The summed E-state index contributed by atoms with van der Waals surface area (Å²) in [5.74, 6) is 3.61. The first-order valence-corrected chi connectivity index (χ1v) is 24.5. The van der Waals surface area contributed by atoms with Crippen LogP contribution in [0.3, 0.4) is 0 Å². The average molecular weight is 987 g/mol. The fourth-order valence-corrected chi connectivity index (χ4v) is 10.9. The van der Waals surface area contributed by atoms with Crippen molar-refractivity contribution in [3.63, 3.8) is 0 Å². The minimum absolute atomic E-state index is 0.0407. The van der Waals surface area contributed by atoms with Gasteiger partial charge in [0.25, 0.3) is 0 Å². The monoisotopic (exact) mass is 986 g/mol. The Balaban J connectivity index is 1.25. The summed E-state index contributed by atoms with van der Waals surface area (Å²) in [6.45, 7) is 1.22. The summed E-state index contributed by atoms with van der Waals surface area (Å²) in [5.41, 5.74) is 2.68. The highest BCUT2D eigenvalue weighted by Crippen LogP contribution is 2.66. The largest absolute Gasteiger partial charge is 0.497 e. The fraction of sp³-hybridized carbons (Fsp3) is 0.213. The number of morpholine rings is 1. The second-order valence-electron chi connectivity index (χ2n) is 18.5. The molecule has 0 bridgehead atoms. The van der Waals surface area contributed by atoms with E-state index in [-0.39, 0.29) is 31.0 Å². The van der Waals surface area contributed by atoms with Gasteiger partial charge in [0.15, 0.2) is 0 Å². The lowest BCUT2D eigenvalue weighted by molar-refractivity contribution is -0.178. The van der Waals surface area contributed by atoms with E-state index in [1.807, 2.05) is 127 Å². The lowest BCUT2D eigenvalue weighted by atomic mass is 9.65. The summed E-state index contributed by atoms with van der Waals surface area (Å²) >= 11 is 0. The molecule has 4 N–H and O–H groups in total. The quantitative estimate of drug-likeness (QED) is 0.0651. The molecular formula is C61H54N4O9. The molecule has 7 aromatic rings. The first-order chi connectivity index (χ1) is 36.1. The van der Waals surface area contributed by atoms with Crippen LogP contribution in [-0.4, -0.2) is 71.8 Å². The number of urea groups is 1. The van der Waals surface area contributed by atoms with Crippen molar-refractivity contribution < 1.29 is 43.6 Å². The molecule has 0 radical (unpaired) electrons. The number of carbonyl (C=O) groups is 4. The summed E-state index contributed by atoms with van der Waals surface area (Å²) in [5, 5.41) is 27.5. The molecule has 3 aliphatic rings. The van der Waals surface area contributed by atoms with Crippen LogP contribution in [0.25, 0.3) is 0 Å². The molecule has 13 heteroatoms. The number of aliphatic hydroxyl groups excluding tert-OH is 2. The second-order valence-corrected chi connectivity index (χ2v) is 18.5. The van der Waals surface area contributed by atoms with Crippen molar-refractivity contribution in [2.24, 2.45) is 5.92 Å². The van der Waals surface area contributed by atoms with E-state index in [2.05, 4.69) is 22.5 Å². The number of imide groups is 1. The van der Waals surface area contributed by atoms with Crippen LogP contribution in [-0.2, 0) is 24.5 Å². The molecule has 4 amide bonds. The van der Waals surface area contributed by atoms with Crippen LogP contribution in [0.2, 0.25) is 0 Å². The van der Waals surface area contributed by atoms with Crippen LogP contribution < -0.4 is 25.0 Å². The molecule has 8 atom stereocenters. The van der Waals surface area contributed by atoms with Gasteiger partial charge in [0.2, 0.25) is 11.8 Å². The van der Waals surface area contributed by atoms with Gasteiger partial charge in [-0.2, -0.15) is 0 Å². The standard InChI is InChI=1S/C61H54N4O9/c1-39(42-16-7-3-8-17-42)63-60(71)64-50-33-30-41(27-26-40-28-31-47(72-2)32-29-40)36-49(50)61(59(64)70)52(57(68)62-38-51(67)43-18-9-4-10-19-43)54-58(69)74-55(45-22-13-6-14-23-45)53(44-20-11-5-12-21-44)65(54)56(61)46-24-15-25-48(37-46)73-35-34-66/h3-25,28-33,36-37,39,51-56,66-67H,34-35,38H2,1-2H3,(H,62,68)(H,63,71)/t39-,51+,52-,53-,54-,55+,56+,61-/m1/s1. The predicted molar refractivity (Wildman–Crippen MR) is 278 cm³/mol. The minimum Gasteiger partial charge on any atom is -0.497 e. The third-order valence-corrected chi connectivity index (χ3v) is 14.2. The number of methoxy groups -OCH3 is 1. The molecule has 3 heterocycles. The Labute approximate surface area is 429 Å². The molecule has 10 rings (SSSR count). The maximum absolute atomic E-state index is 16.8. The maximum atomic E-state index is 16.8. The van der Waals surface area contributed by atoms with Gasteiger partial charge in [0.05, 0.1) is 49.6 Å². The van der Waals surface area contributed by atoms with E-state index in [1.54, 1.807) is 79.9 Å². The molecule has 0 unspecified atom stereocenters. The first kappa shape index (κ1) is 49.1. The van der Waals surface area contributed by atoms with E-state index in [0.29, 0.717) is 39.3 Å². The lowest BCUT2D eigenvalue weighted by Crippen LogP contribution is -2.56. The Hall–Kier alpha value is -8.54. The summed E-state index contributed by atoms with van der Waals surface area (Å²) in [4.78, 5) is 66.6. The van der Waals surface area contributed by atoms with Gasteiger partial charge in [-0.15, -0.1) is 0 Å².